The molecular weight excluding hydrogens is 482 g/mol. The SMILES string of the molecule is CN1CCC(NC(=O)Nc2cc(-c3c(O)cc(O)cc3Oc3ccc([N+](=O)[O-])cc3)on2)CC1.Cl. The number of nitrogens with one attached hydrogen (secondary N) is 2. The number of piperidine rings is 1. The largest absolute Gasteiger partial charge is 0.508 e. The summed E-state index contributed by atoms with van der Waals surface area (Å²) in [5.41, 5.74) is -0.0387. The summed E-state index contributed by atoms with van der Waals surface area (Å²) in [5.74, 6) is -0.181. The molecule has 0 bridgehead atoms. The van der Waals surface area contributed by atoms with Crippen molar-refractivity contribution in [3.05, 3.63) is 52.6 Å². The number of carbonyl (C=O) groups excluding carboxylic acids is 1. The molecule has 1 aliphatic heterocycles. The molecule has 186 valence electrons. The van der Waals surface area contributed by atoms with Crippen molar-refractivity contribution in [3.8, 4) is 34.3 Å². The van der Waals surface area contributed by atoms with Crippen LogP contribution in [0.15, 0.2) is 47.0 Å². The van der Waals surface area contributed by atoms with Gasteiger partial charge in [-0.25, -0.2) is 4.79 Å². The topological polar surface area (TPSA) is 163 Å². The number of nitrogens with zero attached hydrogens (tertiary/aromatic N) is 3. The van der Waals surface area contributed by atoms with Crippen LogP contribution < -0.4 is 15.4 Å². The number of hydrogen-bond donors (Lipinski definition) is 4. The molecule has 1 saturated heterocycles. The van der Waals surface area contributed by atoms with Crippen LogP contribution in [-0.2, 0) is 0 Å². The molecule has 2 aromatic carbocycles. The molecule has 13 heteroatoms. The summed E-state index contributed by atoms with van der Waals surface area (Å²) in [7, 11) is 2.03. The van der Waals surface area contributed by atoms with Crippen LogP contribution in [-0.4, -0.2) is 57.4 Å². The fourth-order valence-corrected chi connectivity index (χ4v) is 3.62. The van der Waals surface area contributed by atoms with Crippen molar-refractivity contribution in [3.63, 3.8) is 0 Å². The van der Waals surface area contributed by atoms with Gasteiger partial charge >= 0.3 is 6.03 Å². The first kappa shape index (κ1) is 25.6. The number of carbonyl (C=O) groups is 1. The number of nitro benzene ring substituents is 1. The van der Waals surface area contributed by atoms with Crippen LogP contribution in [0.1, 0.15) is 12.8 Å². The van der Waals surface area contributed by atoms with Gasteiger partial charge in [-0.3, -0.25) is 15.4 Å². The zero-order valence-electron chi connectivity index (χ0n) is 18.6. The zero-order chi connectivity index (χ0) is 24.2. The average molecular weight is 506 g/mol. The van der Waals surface area contributed by atoms with Crippen LogP contribution in [0.2, 0.25) is 0 Å². The standard InChI is InChI=1S/C22H23N5O7.ClH/c1-26-8-6-13(7-9-26)23-22(30)24-20-12-19(34-25-20)21-17(29)10-15(28)11-18(21)33-16-4-2-14(3-5-16)27(31)32;/h2-5,10-13,28-29H,6-9H2,1H3,(H2,23,24,25,30);1H. The Balaban J connectivity index is 0.00000342. The van der Waals surface area contributed by atoms with Crippen molar-refractivity contribution in [1.82, 2.24) is 15.4 Å². The smallest absolute Gasteiger partial charge is 0.320 e. The maximum absolute atomic E-state index is 12.3. The summed E-state index contributed by atoms with van der Waals surface area (Å²) in [4.78, 5) is 24.8. The molecule has 2 amide bonds. The molecule has 12 nitrogen and oxygen atoms in total. The highest BCUT2D eigenvalue weighted by atomic mass is 35.5. The lowest BCUT2D eigenvalue weighted by atomic mass is 10.1. The second-order valence-electron chi connectivity index (χ2n) is 7.94. The van der Waals surface area contributed by atoms with Gasteiger partial charge in [-0.05, 0) is 45.1 Å². The Morgan fingerprint density at radius 1 is 1.20 bits per heavy atom. The molecule has 1 aromatic heterocycles. The Bertz CT molecular complexity index is 1190. The van der Waals surface area contributed by atoms with Crippen molar-refractivity contribution in [1.29, 1.82) is 0 Å². The Morgan fingerprint density at radius 2 is 1.89 bits per heavy atom. The third-order valence-electron chi connectivity index (χ3n) is 5.39. The molecule has 35 heavy (non-hydrogen) atoms. The molecule has 0 aliphatic carbocycles. The quantitative estimate of drug-likeness (QED) is 0.285. The van der Waals surface area contributed by atoms with Crippen molar-refractivity contribution in [2.24, 2.45) is 0 Å². The van der Waals surface area contributed by atoms with Gasteiger partial charge < -0.3 is 29.7 Å². The summed E-state index contributed by atoms with van der Waals surface area (Å²) in [6, 6.07) is 8.67. The van der Waals surface area contributed by atoms with Gasteiger partial charge in [-0.1, -0.05) is 5.16 Å². The first-order chi connectivity index (χ1) is 16.3. The van der Waals surface area contributed by atoms with E-state index in [1.807, 2.05) is 7.05 Å². The van der Waals surface area contributed by atoms with Crippen molar-refractivity contribution < 1.29 is 29.2 Å². The summed E-state index contributed by atoms with van der Waals surface area (Å²) in [6.07, 6.45) is 1.69. The van der Waals surface area contributed by atoms with Crippen LogP contribution in [0.4, 0.5) is 16.3 Å². The summed E-state index contributed by atoms with van der Waals surface area (Å²) >= 11 is 0. The van der Waals surface area contributed by atoms with Crippen molar-refractivity contribution >= 4 is 29.9 Å². The first-order valence-corrected chi connectivity index (χ1v) is 10.5. The van der Waals surface area contributed by atoms with Gasteiger partial charge in [0.25, 0.3) is 5.69 Å². The Labute approximate surface area is 206 Å². The summed E-state index contributed by atoms with van der Waals surface area (Å²) in [6.45, 7) is 1.80. The third-order valence-corrected chi connectivity index (χ3v) is 5.39. The third kappa shape index (κ3) is 6.31. The maximum atomic E-state index is 12.3. The van der Waals surface area contributed by atoms with Gasteiger partial charge in [-0.2, -0.15) is 0 Å². The highest BCUT2D eigenvalue weighted by Crippen LogP contribution is 2.43. The number of likely N-dealkylation sites (tertiary alicyclic amines) is 1. The fraction of sp³-hybridized carbons (Fsp3) is 0.273. The van der Waals surface area contributed by atoms with Crippen LogP contribution in [0.25, 0.3) is 11.3 Å². The molecule has 2 heterocycles. The summed E-state index contributed by atoms with van der Waals surface area (Å²) in [5, 5.41) is 40.5. The monoisotopic (exact) mass is 505 g/mol. The van der Waals surface area contributed by atoms with Crippen LogP contribution in [0.3, 0.4) is 0 Å². The molecule has 0 unspecified atom stereocenters. The number of nitro groups is 1. The number of rotatable bonds is 6. The Morgan fingerprint density at radius 3 is 2.54 bits per heavy atom. The number of phenolic OH excluding ortho intramolecular Hbond substituents is 2. The lowest BCUT2D eigenvalue weighted by Crippen LogP contribution is -2.44. The van der Waals surface area contributed by atoms with E-state index in [4.69, 9.17) is 9.26 Å². The van der Waals surface area contributed by atoms with Crippen molar-refractivity contribution in [2.75, 3.05) is 25.5 Å². The number of benzene rings is 2. The van der Waals surface area contributed by atoms with Crippen LogP contribution in [0, 0.1) is 10.1 Å². The molecule has 0 spiro atoms. The van der Waals surface area contributed by atoms with Crippen LogP contribution >= 0.6 is 12.4 Å². The number of phenols is 2. The van der Waals surface area contributed by atoms with Gasteiger partial charge in [0.1, 0.15) is 28.6 Å². The van der Waals surface area contributed by atoms with Gasteiger partial charge in [0.2, 0.25) is 0 Å². The number of halogens is 1. The van der Waals surface area contributed by atoms with E-state index in [1.54, 1.807) is 0 Å². The minimum Gasteiger partial charge on any atom is -0.508 e. The van der Waals surface area contributed by atoms with Crippen LogP contribution in [0.5, 0.6) is 23.0 Å². The zero-order valence-corrected chi connectivity index (χ0v) is 19.4. The number of amides is 2. The van der Waals surface area contributed by atoms with Gasteiger partial charge in [-0.15, -0.1) is 12.4 Å². The molecule has 4 rings (SSSR count). The number of aromatic nitrogens is 1. The molecule has 0 atom stereocenters. The van der Waals surface area contributed by atoms with Gasteiger partial charge in [0.05, 0.1) is 4.92 Å². The van der Waals surface area contributed by atoms with E-state index >= 15 is 0 Å². The van der Waals surface area contributed by atoms with E-state index in [0.717, 1.165) is 32.0 Å². The highest BCUT2D eigenvalue weighted by molar-refractivity contribution is 5.89. The normalized spacial score (nSPS) is 14.1. The number of hydrogen-bond acceptors (Lipinski definition) is 9. The van der Waals surface area contributed by atoms with Gasteiger partial charge in [0.15, 0.2) is 11.6 Å². The molecule has 1 fully saturated rings. The number of ether oxygens (including phenoxy) is 1. The maximum Gasteiger partial charge on any atom is 0.320 e. The molecule has 3 aromatic rings. The molecule has 1 aliphatic rings. The molecule has 4 N–H and O–H groups in total. The van der Waals surface area contributed by atoms with Gasteiger partial charge in [0, 0.05) is 36.4 Å². The van der Waals surface area contributed by atoms with E-state index in [9.17, 15) is 25.1 Å². The Kier molecular flexibility index (Phi) is 7.99. The van der Waals surface area contributed by atoms with E-state index < -0.39 is 11.0 Å². The number of non-ortho nitro benzene ring substituents is 1. The second-order valence-corrected chi connectivity index (χ2v) is 7.94. The van der Waals surface area contributed by atoms with Crippen molar-refractivity contribution in [2.45, 2.75) is 18.9 Å². The predicted octanol–water partition coefficient (Wildman–Crippen LogP) is 4.09. The highest BCUT2D eigenvalue weighted by Gasteiger charge is 2.22. The lowest BCUT2D eigenvalue weighted by molar-refractivity contribution is -0.384. The minimum absolute atomic E-state index is 0. The fourth-order valence-electron chi connectivity index (χ4n) is 3.62. The van der Waals surface area contributed by atoms with E-state index in [1.165, 1.54) is 36.4 Å². The predicted molar refractivity (Wildman–Crippen MR) is 128 cm³/mol. The molecule has 0 radical (unpaired) electrons. The van der Waals surface area contributed by atoms with E-state index in [-0.39, 0.29) is 64.3 Å². The molecular formula is C22H24ClN5O7. The number of aromatic hydroxyl groups is 2. The first-order valence-electron chi connectivity index (χ1n) is 10.5. The van der Waals surface area contributed by atoms with E-state index in [0.29, 0.717) is 0 Å². The minimum atomic E-state index is -0.540. The number of urea groups is 1. The average Bonchev–Trinajstić information content (AvgIpc) is 3.23. The van der Waals surface area contributed by atoms with E-state index in [2.05, 4.69) is 20.7 Å². The lowest BCUT2D eigenvalue weighted by Gasteiger charge is -2.29. The number of anilines is 1. The Hall–Kier alpha value is -4.03. The second kappa shape index (κ2) is 10.9. The summed E-state index contributed by atoms with van der Waals surface area (Å²) < 4.78 is 11.0. The molecule has 0 saturated carbocycles.